The van der Waals surface area contributed by atoms with E-state index in [-0.39, 0.29) is 12.5 Å². The molecule has 17 heavy (non-hydrogen) atoms. The Balaban J connectivity index is 2.52. The minimum absolute atomic E-state index is 0.0139. The predicted octanol–water partition coefficient (Wildman–Crippen LogP) is 0.830. The molecule has 0 bridgehead atoms. The summed E-state index contributed by atoms with van der Waals surface area (Å²) < 4.78 is 0. The van der Waals surface area contributed by atoms with Gasteiger partial charge in [0.25, 0.3) is 0 Å². The summed E-state index contributed by atoms with van der Waals surface area (Å²) in [6.45, 7) is 0.452. The highest BCUT2D eigenvalue weighted by Crippen LogP contribution is 2.24. The molecule has 1 aliphatic rings. The van der Waals surface area contributed by atoms with Crippen molar-refractivity contribution >= 4 is 17.7 Å². The third kappa shape index (κ3) is 4.48. The lowest BCUT2D eigenvalue weighted by atomic mass is 10.1. The van der Waals surface area contributed by atoms with Crippen molar-refractivity contribution in [2.24, 2.45) is 5.73 Å². The van der Waals surface area contributed by atoms with E-state index in [4.69, 9.17) is 10.8 Å². The maximum Gasteiger partial charge on any atom is 0.239 e. The minimum atomic E-state index is -0.408. The van der Waals surface area contributed by atoms with Crippen molar-refractivity contribution in [2.75, 3.05) is 25.2 Å². The molecule has 5 heteroatoms. The first-order valence-electron chi connectivity index (χ1n) is 6.36. The monoisotopic (exact) mass is 260 g/mol. The Labute approximate surface area is 108 Å². The highest BCUT2D eigenvalue weighted by molar-refractivity contribution is 7.98. The number of nitrogens with two attached hydrogens (primary N) is 1. The quantitative estimate of drug-likeness (QED) is 0.711. The fourth-order valence-corrected chi connectivity index (χ4v) is 2.87. The van der Waals surface area contributed by atoms with Crippen LogP contribution in [0.5, 0.6) is 0 Å². The molecule has 0 heterocycles. The second-order valence-electron chi connectivity index (χ2n) is 4.58. The van der Waals surface area contributed by atoms with E-state index in [1.165, 1.54) is 12.8 Å². The maximum absolute atomic E-state index is 12.2. The lowest BCUT2D eigenvalue weighted by Crippen LogP contribution is -2.49. The van der Waals surface area contributed by atoms with Gasteiger partial charge in [-0.25, -0.2) is 0 Å². The molecule has 0 radical (unpaired) electrons. The van der Waals surface area contributed by atoms with Crippen LogP contribution in [0.3, 0.4) is 0 Å². The van der Waals surface area contributed by atoms with E-state index in [0.29, 0.717) is 19.0 Å². The second kappa shape index (κ2) is 7.95. The van der Waals surface area contributed by atoms with E-state index in [1.807, 2.05) is 6.26 Å². The number of nitrogens with zero attached hydrogens (tertiary/aromatic N) is 1. The zero-order chi connectivity index (χ0) is 12.7. The average Bonchev–Trinajstić information content (AvgIpc) is 2.85. The van der Waals surface area contributed by atoms with Gasteiger partial charge in [0.05, 0.1) is 12.6 Å². The highest BCUT2D eigenvalue weighted by atomic mass is 32.2. The molecule has 1 saturated carbocycles. The molecule has 1 atom stereocenters. The molecule has 0 saturated heterocycles. The molecule has 1 aliphatic carbocycles. The molecule has 0 aliphatic heterocycles. The summed E-state index contributed by atoms with van der Waals surface area (Å²) in [6.07, 6.45) is 7.20. The fraction of sp³-hybridized carbons (Fsp3) is 0.917. The van der Waals surface area contributed by atoms with Crippen LogP contribution in [0, 0.1) is 0 Å². The number of aliphatic hydroxyl groups excluding tert-OH is 1. The van der Waals surface area contributed by atoms with E-state index in [0.717, 1.165) is 18.6 Å². The Morgan fingerprint density at radius 3 is 2.71 bits per heavy atom. The van der Waals surface area contributed by atoms with E-state index >= 15 is 0 Å². The molecule has 0 aromatic heterocycles. The van der Waals surface area contributed by atoms with Crippen LogP contribution in [0.1, 0.15) is 32.1 Å². The average molecular weight is 260 g/mol. The number of carbonyl (C=O) groups is 1. The molecule has 1 amide bonds. The second-order valence-corrected chi connectivity index (χ2v) is 5.57. The van der Waals surface area contributed by atoms with E-state index in [2.05, 4.69) is 0 Å². The molecule has 100 valence electrons. The summed E-state index contributed by atoms with van der Waals surface area (Å²) in [7, 11) is 0. The number of amides is 1. The molecule has 0 aromatic carbocycles. The largest absolute Gasteiger partial charge is 0.395 e. The van der Waals surface area contributed by atoms with Gasteiger partial charge in [-0.2, -0.15) is 11.8 Å². The van der Waals surface area contributed by atoms with Crippen LogP contribution in [0.2, 0.25) is 0 Å². The third-order valence-corrected chi connectivity index (χ3v) is 3.98. The first-order chi connectivity index (χ1) is 8.20. The maximum atomic E-state index is 12.2. The summed E-state index contributed by atoms with van der Waals surface area (Å²) >= 11 is 1.70. The van der Waals surface area contributed by atoms with Gasteiger partial charge in [0.1, 0.15) is 0 Å². The van der Waals surface area contributed by atoms with E-state index < -0.39 is 6.04 Å². The van der Waals surface area contributed by atoms with Gasteiger partial charge in [0.2, 0.25) is 5.91 Å². The summed E-state index contributed by atoms with van der Waals surface area (Å²) in [6, 6.07) is -0.107. The Kier molecular flexibility index (Phi) is 6.92. The van der Waals surface area contributed by atoms with Gasteiger partial charge in [-0.15, -0.1) is 0 Å². The molecular formula is C12H24N2O2S. The number of thioether (sulfide) groups is 1. The normalized spacial score (nSPS) is 18.3. The van der Waals surface area contributed by atoms with Gasteiger partial charge in [0, 0.05) is 12.6 Å². The molecular weight excluding hydrogens is 236 g/mol. The summed E-state index contributed by atoms with van der Waals surface area (Å²) in [5.41, 5.74) is 5.92. The van der Waals surface area contributed by atoms with Crippen molar-refractivity contribution in [2.45, 2.75) is 44.2 Å². The Hall–Kier alpha value is -0.260. The summed E-state index contributed by atoms with van der Waals surface area (Å²) in [5.74, 6) is 0.921. The number of hydrogen-bond donors (Lipinski definition) is 2. The molecule has 1 rings (SSSR count). The zero-order valence-corrected chi connectivity index (χ0v) is 11.4. The third-order valence-electron chi connectivity index (χ3n) is 3.34. The van der Waals surface area contributed by atoms with E-state index in [9.17, 15) is 4.79 Å². The molecule has 0 aromatic rings. The van der Waals surface area contributed by atoms with Crippen LogP contribution in [-0.2, 0) is 4.79 Å². The van der Waals surface area contributed by atoms with Crippen molar-refractivity contribution in [1.82, 2.24) is 4.90 Å². The van der Waals surface area contributed by atoms with Crippen LogP contribution in [0.4, 0.5) is 0 Å². The van der Waals surface area contributed by atoms with Gasteiger partial charge in [-0.1, -0.05) is 12.8 Å². The lowest BCUT2D eigenvalue weighted by molar-refractivity contribution is -0.135. The zero-order valence-electron chi connectivity index (χ0n) is 10.6. The predicted molar refractivity (Wildman–Crippen MR) is 72.0 cm³/mol. The lowest BCUT2D eigenvalue weighted by Gasteiger charge is -2.30. The van der Waals surface area contributed by atoms with Crippen molar-refractivity contribution in [3.63, 3.8) is 0 Å². The molecule has 4 nitrogen and oxygen atoms in total. The first-order valence-corrected chi connectivity index (χ1v) is 7.76. The Morgan fingerprint density at radius 2 is 2.18 bits per heavy atom. The Morgan fingerprint density at radius 1 is 1.53 bits per heavy atom. The Bertz CT molecular complexity index is 233. The van der Waals surface area contributed by atoms with Gasteiger partial charge < -0.3 is 15.7 Å². The van der Waals surface area contributed by atoms with Crippen molar-refractivity contribution in [1.29, 1.82) is 0 Å². The van der Waals surface area contributed by atoms with Crippen molar-refractivity contribution < 1.29 is 9.90 Å². The topological polar surface area (TPSA) is 66.6 Å². The molecule has 1 fully saturated rings. The smallest absolute Gasteiger partial charge is 0.239 e. The number of aliphatic hydroxyl groups is 1. The van der Waals surface area contributed by atoms with Gasteiger partial charge in [-0.05, 0) is 31.3 Å². The minimum Gasteiger partial charge on any atom is -0.395 e. The first kappa shape index (κ1) is 14.8. The molecule has 0 unspecified atom stereocenters. The summed E-state index contributed by atoms with van der Waals surface area (Å²) in [4.78, 5) is 14.0. The van der Waals surface area contributed by atoms with Crippen molar-refractivity contribution in [3.8, 4) is 0 Å². The highest BCUT2D eigenvalue weighted by Gasteiger charge is 2.28. The molecule has 0 spiro atoms. The summed E-state index contributed by atoms with van der Waals surface area (Å²) in [5, 5.41) is 9.06. The van der Waals surface area contributed by atoms with Gasteiger partial charge in [-0.3, -0.25) is 4.79 Å². The molecule has 3 N–H and O–H groups in total. The van der Waals surface area contributed by atoms with Crippen LogP contribution in [-0.4, -0.2) is 53.2 Å². The van der Waals surface area contributed by atoms with Crippen molar-refractivity contribution in [3.05, 3.63) is 0 Å². The van der Waals surface area contributed by atoms with Crippen LogP contribution < -0.4 is 5.73 Å². The standard InChI is InChI=1S/C12H24N2O2S/c1-17-9-6-11(13)12(16)14(7-8-15)10-4-2-3-5-10/h10-11,15H,2-9,13H2,1H3/t11-/m1/s1. The SMILES string of the molecule is CSCC[C@@H](N)C(=O)N(CCO)C1CCCC1. The number of rotatable bonds is 7. The van der Waals surface area contributed by atoms with Gasteiger partial charge >= 0.3 is 0 Å². The number of hydrogen-bond acceptors (Lipinski definition) is 4. The fourth-order valence-electron chi connectivity index (χ4n) is 2.38. The van der Waals surface area contributed by atoms with E-state index in [1.54, 1.807) is 16.7 Å². The van der Waals surface area contributed by atoms with Crippen LogP contribution >= 0.6 is 11.8 Å². The van der Waals surface area contributed by atoms with Crippen LogP contribution in [0.15, 0.2) is 0 Å². The van der Waals surface area contributed by atoms with Gasteiger partial charge in [0.15, 0.2) is 0 Å². The van der Waals surface area contributed by atoms with Crippen LogP contribution in [0.25, 0.3) is 0 Å². The number of carbonyl (C=O) groups excluding carboxylic acids is 1.